The van der Waals surface area contributed by atoms with Crippen molar-refractivity contribution in [2.24, 2.45) is 0 Å². The number of anilines is 1. The third-order valence-electron chi connectivity index (χ3n) is 5.87. The summed E-state index contributed by atoms with van der Waals surface area (Å²) in [4.78, 5) is 4.21. The summed E-state index contributed by atoms with van der Waals surface area (Å²) < 4.78 is 61.9. The van der Waals surface area contributed by atoms with Crippen LogP contribution in [0.5, 0.6) is 5.75 Å². The predicted octanol–water partition coefficient (Wildman–Crippen LogP) is 3.69. The van der Waals surface area contributed by atoms with Crippen LogP contribution in [0, 0.1) is 0 Å². The number of pyridine rings is 1. The summed E-state index contributed by atoms with van der Waals surface area (Å²) >= 11 is 0. The maximum absolute atomic E-state index is 13.0. The maximum atomic E-state index is 13.0. The minimum Gasteiger partial charge on any atom is -0.493 e. The zero-order valence-electron chi connectivity index (χ0n) is 19.0. The summed E-state index contributed by atoms with van der Waals surface area (Å²) in [7, 11) is -2.41. The van der Waals surface area contributed by atoms with Crippen molar-refractivity contribution < 1.29 is 21.9 Å². The lowest BCUT2D eigenvalue weighted by Gasteiger charge is -2.24. The van der Waals surface area contributed by atoms with Gasteiger partial charge in [0.1, 0.15) is 4.90 Å². The fourth-order valence-electron chi connectivity index (χ4n) is 4.14. The van der Waals surface area contributed by atoms with E-state index in [4.69, 9.17) is 4.74 Å². The summed E-state index contributed by atoms with van der Waals surface area (Å²) in [6.45, 7) is 3.04. The highest BCUT2D eigenvalue weighted by molar-refractivity contribution is 7.89. The molecule has 1 atom stereocenters. The number of ether oxygens (including phenoxy) is 1. The molecule has 0 radical (unpaired) electrons. The van der Waals surface area contributed by atoms with Crippen LogP contribution >= 0.6 is 0 Å². The van der Waals surface area contributed by atoms with E-state index < -0.39 is 16.4 Å². The molecule has 0 saturated carbocycles. The highest BCUT2D eigenvalue weighted by Gasteiger charge is 2.27. The SMILES string of the molecule is CCn1ncc2c1CCC(NS(=O)(=O)c1cnc(NCc3cccc(C(F)F)c3)c(OC)c1)C2. The van der Waals surface area contributed by atoms with Gasteiger partial charge < -0.3 is 10.1 Å². The number of nitrogens with zero attached hydrogens (tertiary/aromatic N) is 3. The summed E-state index contributed by atoms with van der Waals surface area (Å²) in [5, 5.41) is 7.38. The molecule has 1 aromatic carbocycles. The maximum Gasteiger partial charge on any atom is 0.263 e. The van der Waals surface area contributed by atoms with Gasteiger partial charge in [-0.1, -0.05) is 18.2 Å². The Hall–Kier alpha value is -3.05. The Bertz CT molecular complexity index is 1260. The number of methoxy groups -OCH3 is 1. The lowest BCUT2D eigenvalue weighted by atomic mass is 9.94. The van der Waals surface area contributed by atoms with E-state index in [2.05, 4.69) is 20.1 Å². The monoisotopic (exact) mass is 491 g/mol. The number of halogens is 2. The topological polar surface area (TPSA) is 98.1 Å². The molecule has 1 unspecified atom stereocenters. The first-order chi connectivity index (χ1) is 16.3. The molecule has 182 valence electrons. The van der Waals surface area contributed by atoms with Crippen molar-refractivity contribution in [1.82, 2.24) is 19.5 Å². The van der Waals surface area contributed by atoms with E-state index in [1.807, 2.05) is 11.6 Å². The van der Waals surface area contributed by atoms with Gasteiger partial charge in [-0.05, 0) is 43.4 Å². The highest BCUT2D eigenvalue weighted by Crippen LogP contribution is 2.27. The van der Waals surface area contributed by atoms with Gasteiger partial charge in [-0.25, -0.2) is 26.9 Å². The van der Waals surface area contributed by atoms with Gasteiger partial charge in [-0.2, -0.15) is 5.10 Å². The molecule has 4 rings (SSSR count). The third-order valence-corrected chi connectivity index (χ3v) is 7.36. The molecule has 1 aliphatic rings. The van der Waals surface area contributed by atoms with E-state index in [9.17, 15) is 17.2 Å². The van der Waals surface area contributed by atoms with Gasteiger partial charge in [0.15, 0.2) is 11.6 Å². The van der Waals surface area contributed by atoms with Crippen molar-refractivity contribution in [2.45, 2.75) is 56.6 Å². The number of benzene rings is 1. The van der Waals surface area contributed by atoms with Crippen LogP contribution in [0.4, 0.5) is 14.6 Å². The van der Waals surface area contributed by atoms with Gasteiger partial charge >= 0.3 is 0 Å². The molecule has 0 bridgehead atoms. The fraction of sp³-hybridized carbons (Fsp3) is 0.391. The van der Waals surface area contributed by atoms with Crippen LogP contribution in [0.1, 0.15) is 42.2 Å². The second kappa shape index (κ2) is 10.1. The Labute approximate surface area is 197 Å². The largest absolute Gasteiger partial charge is 0.493 e. The zero-order chi connectivity index (χ0) is 24.3. The molecule has 0 amide bonds. The lowest BCUT2D eigenvalue weighted by Crippen LogP contribution is -2.39. The van der Waals surface area contributed by atoms with Crippen LogP contribution in [0.2, 0.25) is 0 Å². The van der Waals surface area contributed by atoms with E-state index in [-0.39, 0.29) is 28.8 Å². The molecule has 2 heterocycles. The molecule has 1 aliphatic carbocycles. The van der Waals surface area contributed by atoms with Crippen molar-refractivity contribution in [3.8, 4) is 5.75 Å². The van der Waals surface area contributed by atoms with E-state index in [0.717, 1.165) is 24.2 Å². The average molecular weight is 492 g/mol. The van der Waals surface area contributed by atoms with Crippen molar-refractivity contribution in [3.63, 3.8) is 0 Å². The molecular weight excluding hydrogens is 464 g/mol. The van der Waals surface area contributed by atoms with E-state index in [1.165, 1.54) is 31.5 Å². The Morgan fingerprint density at radius 3 is 2.82 bits per heavy atom. The van der Waals surface area contributed by atoms with Crippen LogP contribution in [0.25, 0.3) is 0 Å². The standard InChI is InChI=1S/C23H27F2N5O3S/c1-3-30-20-8-7-18(10-17(20)13-28-30)29-34(31,32)19-11-21(33-2)23(27-14-19)26-12-15-5-4-6-16(9-15)22(24)25/h4-6,9,11,13-14,18,22,29H,3,7-8,10,12H2,1-2H3,(H,26,27). The second-order valence-corrected chi connectivity index (χ2v) is 9.83. The number of alkyl halides is 2. The van der Waals surface area contributed by atoms with Gasteiger partial charge in [0.2, 0.25) is 10.0 Å². The number of aromatic nitrogens is 3. The molecular formula is C23H27F2N5O3S. The minimum absolute atomic E-state index is 0.00959. The van der Waals surface area contributed by atoms with Crippen LogP contribution < -0.4 is 14.8 Å². The van der Waals surface area contributed by atoms with Gasteiger partial charge in [0, 0.05) is 42.7 Å². The molecule has 2 aromatic heterocycles. The summed E-state index contributed by atoms with van der Waals surface area (Å²) in [6, 6.07) is 7.21. The van der Waals surface area contributed by atoms with E-state index >= 15 is 0 Å². The number of aryl methyl sites for hydroxylation is 1. The van der Waals surface area contributed by atoms with Crippen LogP contribution in [-0.4, -0.2) is 36.3 Å². The Kier molecular flexibility index (Phi) is 7.13. The molecule has 3 aromatic rings. The van der Waals surface area contributed by atoms with E-state index in [1.54, 1.807) is 18.3 Å². The number of fused-ring (bicyclic) bond motifs is 1. The predicted molar refractivity (Wildman–Crippen MR) is 124 cm³/mol. The smallest absolute Gasteiger partial charge is 0.263 e. The summed E-state index contributed by atoms with van der Waals surface area (Å²) in [6.07, 6.45) is 2.53. The van der Waals surface area contributed by atoms with Gasteiger partial charge in [0.25, 0.3) is 6.43 Å². The van der Waals surface area contributed by atoms with Crippen molar-refractivity contribution in [2.75, 3.05) is 12.4 Å². The molecule has 8 nitrogen and oxygen atoms in total. The van der Waals surface area contributed by atoms with Crippen LogP contribution in [0.3, 0.4) is 0 Å². The van der Waals surface area contributed by atoms with Crippen molar-refractivity contribution in [1.29, 1.82) is 0 Å². The third kappa shape index (κ3) is 5.20. The average Bonchev–Trinajstić information content (AvgIpc) is 3.24. The van der Waals surface area contributed by atoms with Gasteiger partial charge in [-0.15, -0.1) is 0 Å². The molecule has 34 heavy (non-hydrogen) atoms. The first-order valence-corrected chi connectivity index (χ1v) is 12.5. The minimum atomic E-state index is -3.82. The molecule has 0 aliphatic heterocycles. The lowest BCUT2D eigenvalue weighted by molar-refractivity contribution is 0.151. The molecule has 2 N–H and O–H groups in total. The molecule has 0 saturated heterocycles. The van der Waals surface area contributed by atoms with Crippen molar-refractivity contribution >= 4 is 15.8 Å². The first kappa shape index (κ1) is 24.1. The van der Waals surface area contributed by atoms with Crippen LogP contribution in [0.15, 0.2) is 47.6 Å². The zero-order valence-corrected chi connectivity index (χ0v) is 19.8. The number of rotatable bonds is 9. The van der Waals surface area contributed by atoms with Crippen LogP contribution in [-0.2, 0) is 36.0 Å². The molecule has 0 fully saturated rings. The number of nitrogens with one attached hydrogen (secondary N) is 2. The second-order valence-electron chi connectivity index (χ2n) is 8.11. The number of sulfonamides is 1. The van der Waals surface area contributed by atoms with Crippen molar-refractivity contribution in [3.05, 3.63) is 65.1 Å². The summed E-state index contributed by atoms with van der Waals surface area (Å²) in [5.74, 6) is 0.557. The first-order valence-electron chi connectivity index (χ1n) is 11.0. The molecule has 11 heteroatoms. The Morgan fingerprint density at radius 1 is 1.26 bits per heavy atom. The van der Waals surface area contributed by atoms with E-state index in [0.29, 0.717) is 24.2 Å². The van der Waals surface area contributed by atoms with Gasteiger partial charge in [-0.3, -0.25) is 4.68 Å². The number of hydrogen-bond donors (Lipinski definition) is 2. The van der Waals surface area contributed by atoms with Gasteiger partial charge in [0.05, 0.1) is 13.3 Å². The highest BCUT2D eigenvalue weighted by atomic mass is 32.2. The Balaban J connectivity index is 1.45. The fourth-order valence-corrected chi connectivity index (χ4v) is 5.36. The molecule has 0 spiro atoms. The Morgan fingerprint density at radius 2 is 2.09 bits per heavy atom. The quantitative estimate of drug-likeness (QED) is 0.474. The summed E-state index contributed by atoms with van der Waals surface area (Å²) in [5.41, 5.74) is 2.80. The normalized spacial score (nSPS) is 15.9. The number of hydrogen-bond acceptors (Lipinski definition) is 6.